The van der Waals surface area contributed by atoms with Gasteiger partial charge in [0.25, 0.3) is 0 Å². The van der Waals surface area contributed by atoms with Crippen LogP contribution in [0.15, 0.2) is 24.3 Å². The molecule has 0 bridgehead atoms. The minimum atomic E-state index is -0.636. The molecule has 3 N–H and O–H groups in total. The second-order valence-corrected chi connectivity index (χ2v) is 6.77. The zero-order valence-electron chi connectivity index (χ0n) is 15.3. The number of hydrogen-bond donors (Lipinski definition) is 2. The average Bonchev–Trinajstić information content (AvgIpc) is 2.58. The van der Waals surface area contributed by atoms with E-state index >= 15 is 0 Å². The summed E-state index contributed by atoms with van der Waals surface area (Å²) in [5.41, 5.74) is 6.59. The molecule has 8 heteroatoms. The second-order valence-electron chi connectivity index (χ2n) is 6.77. The lowest BCUT2D eigenvalue weighted by atomic mass is 10.0. The Kier molecular flexibility index (Phi) is 8.46. The molecule has 1 aliphatic heterocycles. The maximum absolute atomic E-state index is 13.1. The third kappa shape index (κ3) is 5.93. The molecular weight excluding hydrogens is 361 g/mol. The molecule has 0 radical (unpaired) electrons. The first-order chi connectivity index (χ1) is 11.8. The molecule has 2 unspecified atom stereocenters. The topological polar surface area (TPSA) is 84.7 Å². The quantitative estimate of drug-likeness (QED) is 0.804. The van der Waals surface area contributed by atoms with Gasteiger partial charge in [0.15, 0.2) is 0 Å². The fraction of sp³-hybridized carbons (Fsp3) is 0.556. The lowest BCUT2D eigenvalue weighted by Gasteiger charge is -2.37. The zero-order chi connectivity index (χ0) is 18.6. The van der Waals surface area contributed by atoms with E-state index in [0.717, 1.165) is 5.56 Å². The predicted molar refractivity (Wildman–Crippen MR) is 99.3 cm³/mol. The maximum Gasteiger partial charge on any atom is 0.242 e. The number of nitrogens with two attached hydrogens (primary N) is 1. The monoisotopic (exact) mass is 387 g/mol. The van der Waals surface area contributed by atoms with Crippen LogP contribution in [-0.4, -0.2) is 48.5 Å². The van der Waals surface area contributed by atoms with E-state index in [1.165, 1.54) is 12.1 Å². The molecule has 146 valence electrons. The van der Waals surface area contributed by atoms with Crippen LogP contribution in [-0.2, 0) is 14.3 Å². The number of carbonyl (C=O) groups is 2. The zero-order valence-corrected chi connectivity index (χ0v) is 16.1. The third-order valence-corrected chi connectivity index (χ3v) is 4.29. The van der Waals surface area contributed by atoms with E-state index in [-0.39, 0.29) is 54.7 Å². The van der Waals surface area contributed by atoms with E-state index in [1.807, 2.05) is 20.8 Å². The van der Waals surface area contributed by atoms with Crippen molar-refractivity contribution in [3.8, 4) is 0 Å². The van der Waals surface area contributed by atoms with Crippen LogP contribution in [0.25, 0.3) is 0 Å². The molecule has 2 amide bonds. The summed E-state index contributed by atoms with van der Waals surface area (Å²) in [6, 6.07) is 5.42. The molecule has 6 nitrogen and oxygen atoms in total. The molecule has 0 saturated carbocycles. The highest BCUT2D eigenvalue weighted by Crippen LogP contribution is 2.25. The van der Waals surface area contributed by atoms with E-state index in [2.05, 4.69) is 5.32 Å². The fourth-order valence-electron chi connectivity index (χ4n) is 2.71. The summed E-state index contributed by atoms with van der Waals surface area (Å²) in [7, 11) is 0. The number of nitrogens with one attached hydrogen (secondary N) is 1. The molecule has 1 heterocycles. The molecule has 0 aromatic heterocycles. The van der Waals surface area contributed by atoms with Gasteiger partial charge in [-0.05, 0) is 30.5 Å². The Morgan fingerprint density at radius 1 is 1.31 bits per heavy atom. The number of carbonyl (C=O) groups excluding carboxylic acids is 2. The van der Waals surface area contributed by atoms with Crippen molar-refractivity contribution in [2.24, 2.45) is 11.7 Å². The van der Waals surface area contributed by atoms with Gasteiger partial charge in [0, 0.05) is 6.54 Å². The van der Waals surface area contributed by atoms with Crippen molar-refractivity contribution >= 4 is 24.2 Å². The fourth-order valence-corrected chi connectivity index (χ4v) is 2.71. The summed E-state index contributed by atoms with van der Waals surface area (Å²) >= 11 is 0. The van der Waals surface area contributed by atoms with Crippen molar-refractivity contribution in [1.82, 2.24) is 10.2 Å². The van der Waals surface area contributed by atoms with Gasteiger partial charge in [-0.3, -0.25) is 9.59 Å². The number of rotatable bonds is 5. The first-order valence-electron chi connectivity index (χ1n) is 8.50. The average molecular weight is 388 g/mol. The highest BCUT2D eigenvalue weighted by atomic mass is 35.5. The third-order valence-electron chi connectivity index (χ3n) is 4.29. The van der Waals surface area contributed by atoms with Gasteiger partial charge in [0.1, 0.15) is 11.9 Å². The highest BCUT2D eigenvalue weighted by Gasteiger charge is 2.29. The molecule has 1 saturated heterocycles. The number of nitrogens with zero attached hydrogens (tertiary/aromatic N) is 1. The molecule has 2 rings (SSSR count). The number of halogens is 2. The van der Waals surface area contributed by atoms with Crippen LogP contribution in [0.4, 0.5) is 4.39 Å². The first-order valence-corrected chi connectivity index (χ1v) is 8.50. The van der Waals surface area contributed by atoms with E-state index in [1.54, 1.807) is 17.0 Å². The van der Waals surface area contributed by atoms with Crippen LogP contribution < -0.4 is 11.1 Å². The van der Waals surface area contributed by atoms with Crippen molar-refractivity contribution in [2.45, 2.75) is 39.0 Å². The number of hydrogen-bond acceptors (Lipinski definition) is 4. The summed E-state index contributed by atoms with van der Waals surface area (Å²) in [5, 5.41) is 2.59. The molecule has 1 aliphatic rings. The van der Waals surface area contributed by atoms with Gasteiger partial charge in [-0.15, -0.1) is 12.4 Å². The lowest BCUT2D eigenvalue weighted by Crippen LogP contribution is -2.51. The Morgan fingerprint density at radius 2 is 1.92 bits per heavy atom. The van der Waals surface area contributed by atoms with Crippen LogP contribution in [0.2, 0.25) is 0 Å². The maximum atomic E-state index is 13.1. The molecule has 26 heavy (non-hydrogen) atoms. The summed E-state index contributed by atoms with van der Waals surface area (Å²) in [4.78, 5) is 26.0. The number of morpholine rings is 1. The van der Waals surface area contributed by atoms with Gasteiger partial charge >= 0.3 is 0 Å². The predicted octanol–water partition coefficient (Wildman–Crippen LogP) is 1.64. The molecule has 1 aromatic rings. The summed E-state index contributed by atoms with van der Waals surface area (Å²) in [6.07, 6.45) is -0.469. The normalized spacial score (nSPS) is 21.1. The van der Waals surface area contributed by atoms with E-state index in [9.17, 15) is 14.0 Å². The number of ether oxygens (including phenoxy) is 1. The van der Waals surface area contributed by atoms with Crippen LogP contribution in [0.5, 0.6) is 0 Å². The molecule has 3 atom stereocenters. The SMILES string of the molecule is CC1CN(C(=O)CNC(=O)[C@@H](N)C(C)C)CC(c2ccc(F)cc2)O1.Cl. The number of amides is 2. The Hall–Kier alpha value is -1.70. The summed E-state index contributed by atoms with van der Waals surface area (Å²) < 4.78 is 18.9. The van der Waals surface area contributed by atoms with Crippen LogP contribution in [0.3, 0.4) is 0 Å². The van der Waals surface area contributed by atoms with Crippen molar-refractivity contribution in [1.29, 1.82) is 0 Å². The lowest BCUT2D eigenvalue weighted by molar-refractivity contribution is -0.145. The molecule has 0 aliphatic carbocycles. The van der Waals surface area contributed by atoms with Crippen LogP contribution >= 0.6 is 12.4 Å². The van der Waals surface area contributed by atoms with Crippen molar-refractivity contribution in [3.63, 3.8) is 0 Å². The van der Waals surface area contributed by atoms with Crippen LogP contribution in [0, 0.1) is 11.7 Å². The van der Waals surface area contributed by atoms with E-state index in [4.69, 9.17) is 10.5 Å². The standard InChI is InChI=1S/C18H26FN3O3.ClH/c1-11(2)17(20)18(24)21-8-16(23)22-9-12(3)25-15(10-22)13-4-6-14(19)7-5-13;/h4-7,11-12,15,17H,8-10,20H2,1-3H3,(H,21,24);1H/t12?,15?,17-;/m0./s1. The minimum Gasteiger partial charge on any atom is -0.367 e. The Morgan fingerprint density at radius 3 is 2.50 bits per heavy atom. The Labute approximate surface area is 159 Å². The van der Waals surface area contributed by atoms with Gasteiger partial charge < -0.3 is 20.7 Å². The van der Waals surface area contributed by atoms with Gasteiger partial charge in [-0.2, -0.15) is 0 Å². The second kappa shape index (κ2) is 9.85. The smallest absolute Gasteiger partial charge is 0.242 e. The molecule has 1 fully saturated rings. The molecule has 1 aromatic carbocycles. The van der Waals surface area contributed by atoms with Gasteiger partial charge in [0.05, 0.1) is 25.2 Å². The Balaban J connectivity index is 0.00000338. The van der Waals surface area contributed by atoms with E-state index < -0.39 is 6.04 Å². The summed E-state index contributed by atoms with van der Waals surface area (Å²) in [5.74, 6) is -0.836. The van der Waals surface area contributed by atoms with Gasteiger partial charge in [-0.25, -0.2) is 4.39 Å². The molecule has 0 spiro atoms. The highest BCUT2D eigenvalue weighted by molar-refractivity contribution is 5.87. The van der Waals surface area contributed by atoms with Gasteiger partial charge in [0.2, 0.25) is 11.8 Å². The first kappa shape index (κ1) is 22.3. The number of benzene rings is 1. The van der Waals surface area contributed by atoms with Crippen LogP contribution in [0.1, 0.15) is 32.4 Å². The van der Waals surface area contributed by atoms with Crippen molar-refractivity contribution in [3.05, 3.63) is 35.6 Å². The van der Waals surface area contributed by atoms with Gasteiger partial charge in [-0.1, -0.05) is 26.0 Å². The van der Waals surface area contributed by atoms with E-state index in [0.29, 0.717) is 13.1 Å². The minimum absolute atomic E-state index is 0. The van der Waals surface area contributed by atoms with Crippen molar-refractivity contribution in [2.75, 3.05) is 19.6 Å². The van der Waals surface area contributed by atoms with Crippen molar-refractivity contribution < 1.29 is 18.7 Å². The largest absolute Gasteiger partial charge is 0.367 e. The molecular formula is C18H27ClFN3O3. The Bertz CT molecular complexity index is 612. The summed E-state index contributed by atoms with van der Waals surface area (Å²) in [6.45, 7) is 6.29.